The molecule has 0 saturated heterocycles. The van der Waals surface area contributed by atoms with Crippen molar-refractivity contribution in [3.05, 3.63) is 54.4 Å². The maximum atomic E-state index is 4.71. The lowest BCUT2D eigenvalue weighted by atomic mass is 10.3. The number of imidazole rings is 1. The number of hydrogen-bond acceptors (Lipinski definition) is 6. The molecule has 8 heteroatoms. The molecule has 0 N–H and O–H groups in total. The van der Waals surface area contributed by atoms with Crippen LogP contribution in [0.5, 0.6) is 0 Å². The predicted octanol–water partition coefficient (Wildman–Crippen LogP) is 2.24. The molecule has 0 aliphatic heterocycles. The second-order valence-electron chi connectivity index (χ2n) is 4.93. The Hall–Kier alpha value is -2.74. The maximum Gasteiger partial charge on any atom is 0.256 e. The minimum atomic E-state index is 0.641. The lowest BCUT2D eigenvalue weighted by molar-refractivity contribution is 0.682. The predicted molar refractivity (Wildman–Crippen MR) is 87.2 cm³/mol. The van der Waals surface area contributed by atoms with Crippen LogP contribution in [0.15, 0.2) is 53.8 Å². The fourth-order valence-electron chi connectivity index (χ4n) is 2.33. The molecule has 4 rings (SSSR count). The van der Waals surface area contributed by atoms with Crippen molar-refractivity contribution in [2.75, 3.05) is 0 Å². The monoisotopic (exact) mass is 323 g/mol. The van der Waals surface area contributed by atoms with Gasteiger partial charge in [-0.3, -0.25) is 9.55 Å². The Bertz CT molecular complexity index is 945. The summed E-state index contributed by atoms with van der Waals surface area (Å²) < 4.78 is 3.61. The lowest BCUT2D eigenvalue weighted by Crippen LogP contribution is -2.05. The van der Waals surface area contributed by atoms with Crippen LogP contribution >= 0.6 is 11.8 Å². The number of tetrazole rings is 1. The molecular weight excluding hydrogens is 310 g/mol. The molecule has 0 radical (unpaired) electrons. The molecule has 0 aliphatic carbocycles. The largest absolute Gasteiger partial charge is 0.260 e. The topological polar surface area (TPSA) is 74.3 Å². The van der Waals surface area contributed by atoms with E-state index in [2.05, 4.69) is 20.5 Å². The Morgan fingerprint density at radius 2 is 1.96 bits per heavy atom. The molecule has 3 heterocycles. The first-order chi connectivity index (χ1) is 11.3. The van der Waals surface area contributed by atoms with E-state index in [0.29, 0.717) is 5.95 Å². The summed E-state index contributed by atoms with van der Waals surface area (Å²) >= 11 is 1.61. The Labute approximate surface area is 136 Å². The fraction of sp³-hybridized carbons (Fsp3) is 0.133. The summed E-state index contributed by atoms with van der Waals surface area (Å²) in [6.07, 6.45) is 1.80. The summed E-state index contributed by atoms with van der Waals surface area (Å²) in [5.74, 6) is 1.37. The molecule has 23 heavy (non-hydrogen) atoms. The van der Waals surface area contributed by atoms with E-state index in [1.165, 1.54) is 0 Å². The second kappa shape index (κ2) is 5.81. The van der Waals surface area contributed by atoms with Crippen molar-refractivity contribution in [2.45, 2.75) is 10.9 Å². The number of benzene rings is 1. The molecule has 0 aliphatic rings. The molecule has 0 saturated carbocycles. The van der Waals surface area contributed by atoms with E-state index in [4.69, 9.17) is 4.98 Å². The quantitative estimate of drug-likeness (QED) is 0.536. The minimum Gasteiger partial charge on any atom is -0.260 e. The third kappa shape index (κ3) is 2.57. The summed E-state index contributed by atoms with van der Waals surface area (Å²) in [6, 6.07) is 13.9. The molecule has 0 unspecified atom stereocenters. The molecule has 7 nitrogen and oxygen atoms in total. The zero-order chi connectivity index (χ0) is 15.6. The summed E-state index contributed by atoms with van der Waals surface area (Å²) in [7, 11) is 1.82. The normalized spacial score (nSPS) is 11.2. The van der Waals surface area contributed by atoms with Crippen molar-refractivity contribution >= 4 is 22.8 Å². The number of para-hydroxylation sites is 2. The summed E-state index contributed by atoms with van der Waals surface area (Å²) in [5.41, 5.74) is 2.90. The molecule has 0 bridgehead atoms. The smallest absolute Gasteiger partial charge is 0.256 e. The third-order valence-electron chi connectivity index (χ3n) is 3.40. The van der Waals surface area contributed by atoms with Gasteiger partial charge in [-0.15, -0.1) is 0 Å². The average molecular weight is 323 g/mol. The van der Waals surface area contributed by atoms with Gasteiger partial charge < -0.3 is 0 Å². The zero-order valence-corrected chi connectivity index (χ0v) is 13.2. The number of hydrogen-bond donors (Lipinski definition) is 0. The van der Waals surface area contributed by atoms with Crippen molar-refractivity contribution in [3.8, 4) is 5.95 Å². The van der Waals surface area contributed by atoms with E-state index in [9.17, 15) is 0 Å². The van der Waals surface area contributed by atoms with Crippen molar-refractivity contribution in [2.24, 2.45) is 7.05 Å². The molecular formula is C15H13N7S. The Kier molecular flexibility index (Phi) is 3.51. The Balaban J connectivity index is 1.78. The summed E-state index contributed by atoms with van der Waals surface area (Å²) in [6.45, 7) is 0. The van der Waals surface area contributed by atoms with Crippen LogP contribution < -0.4 is 0 Å². The molecule has 0 fully saturated rings. The van der Waals surface area contributed by atoms with E-state index in [1.807, 2.05) is 54.1 Å². The maximum absolute atomic E-state index is 4.71. The molecule has 4 aromatic rings. The van der Waals surface area contributed by atoms with Gasteiger partial charge in [0.2, 0.25) is 0 Å². The molecule has 0 atom stereocenters. The van der Waals surface area contributed by atoms with Crippen LogP contribution in [0.1, 0.15) is 5.69 Å². The van der Waals surface area contributed by atoms with E-state index in [-0.39, 0.29) is 0 Å². The van der Waals surface area contributed by atoms with Gasteiger partial charge in [-0.1, -0.05) is 35.1 Å². The average Bonchev–Trinajstić information content (AvgIpc) is 3.16. The van der Waals surface area contributed by atoms with Crippen LogP contribution in [0.25, 0.3) is 17.0 Å². The lowest BCUT2D eigenvalue weighted by Gasteiger charge is -2.06. The van der Waals surface area contributed by atoms with Gasteiger partial charge in [0.15, 0.2) is 5.16 Å². The van der Waals surface area contributed by atoms with Gasteiger partial charge in [0.05, 0.1) is 16.7 Å². The molecule has 1 aromatic carbocycles. The van der Waals surface area contributed by atoms with E-state index in [0.717, 1.165) is 27.6 Å². The van der Waals surface area contributed by atoms with Crippen LogP contribution in [-0.2, 0) is 12.8 Å². The van der Waals surface area contributed by atoms with E-state index >= 15 is 0 Å². The first-order valence-electron chi connectivity index (χ1n) is 7.06. The fourth-order valence-corrected chi connectivity index (χ4v) is 3.25. The zero-order valence-electron chi connectivity index (χ0n) is 12.4. The highest BCUT2D eigenvalue weighted by molar-refractivity contribution is 7.98. The van der Waals surface area contributed by atoms with Gasteiger partial charge in [-0.05, 0) is 34.7 Å². The van der Waals surface area contributed by atoms with Crippen molar-refractivity contribution < 1.29 is 0 Å². The number of fused-ring (bicyclic) bond motifs is 1. The summed E-state index contributed by atoms with van der Waals surface area (Å²) in [4.78, 5) is 9.07. The number of nitrogens with zero attached hydrogens (tertiary/aromatic N) is 7. The van der Waals surface area contributed by atoms with Gasteiger partial charge in [0.1, 0.15) is 0 Å². The van der Waals surface area contributed by atoms with E-state index < -0.39 is 0 Å². The first kappa shape index (κ1) is 13.9. The highest BCUT2D eigenvalue weighted by Gasteiger charge is 2.17. The summed E-state index contributed by atoms with van der Waals surface area (Å²) in [5, 5.41) is 12.6. The highest BCUT2D eigenvalue weighted by Crippen LogP contribution is 2.28. The third-order valence-corrected chi connectivity index (χ3v) is 4.38. The van der Waals surface area contributed by atoms with Crippen molar-refractivity contribution in [1.82, 2.24) is 34.7 Å². The number of aryl methyl sites for hydroxylation is 1. The molecule has 0 amide bonds. The van der Waals surface area contributed by atoms with Crippen LogP contribution in [0.3, 0.4) is 0 Å². The number of rotatable bonds is 4. The van der Waals surface area contributed by atoms with Crippen LogP contribution in [0.2, 0.25) is 0 Å². The number of pyridine rings is 1. The van der Waals surface area contributed by atoms with Gasteiger partial charge >= 0.3 is 0 Å². The molecule has 114 valence electrons. The number of aromatic nitrogens is 7. The second-order valence-corrected chi connectivity index (χ2v) is 5.87. The van der Waals surface area contributed by atoms with Crippen molar-refractivity contribution in [3.63, 3.8) is 0 Å². The molecule has 3 aromatic heterocycles. The number of thioether (sulfide) groups is 1. The molecule has 0 spiro atoms. The van der Waals surface area contributed by atoms with Crippen molar-refractivity contribution in [1.29, 1.82) is 0 Å². The Morgan fingerprint density at radius 3 is 2.74 bits per heavy atom. The minimum absolute atomic E-state index is 0.641. The van der Waals surface area contributed by atoms with E-state index in [1.54, 1.807) is 22.6 Å². The standard InChI is InChI=1S/C15H13N7S/c1-21-14(18-19-20-21)22-13-8-3-2-7-12(13)17-15(22)23-10-11-6-4-5-9-16-11/h2-9H,10H2,1H3. The Morgan fingerprint density at radius 1 is 1.09 bits per heavy atom. The van der Waals surface area contributed by atoms with Crippen LogP contribution in [-0.4, -0.2) is 34.7 Å². The first-order valence-corrected chi connectivity index (χ1v) is 8.04. The van der Waals surface area contributed by atoms with Gasteiger partial charge in [-0.25, -0.2) is 9.67 Å². The van der Waals surface area contributed by atoms with Crippen LogP contribution in [0, 0.1) is 0 Å². The van der Waals surface area contributed by atoms with Gasteiger partial charge in [0, 0.05) is 19.0 Å². The SMILES string of the molecule is Cn1nnnc1-n1c(SCc2ccccn2)nc2ccccc21. The van der Waals surface area contributed by atoms with Crippen LogP contribution in [0.4, 0.5) is 0 Å². The van der Waals surface area contributed by atoms with Gasteiger partial charge in [-0.2, -0.15) is 0 Å². The van der Waals surface area contributed by atoms with Gasteiger partial charge in [0.25, 0.3) is 5.95 Å². The highest BCUT2D eigenvalue weighted by atomic mass is 32.2.